The van der Waals surface area contributed by atoms with Crippen LogP contribution in [0.4, 0.5) is 5.69 Å². The van der Waals surface area contributed by atoms with E-state index in [9.17, 15) is 19.2 Å². The van der Waals surface area contributed by atoms with Crippen LogP contribution in [0.1, 0.15) is 52.9 Å². The summed E-state index contributed by atoms with van der Waals surface area (Å²) in [6, 6.07) is 9.38. The van der Waals surface area contributed by atoms with Crippen LogP contribution in [0, 0.1) is 12.3 Å². The fraction of sp³-hybridized carbons (Fsp3) is 0.457. The minimum Gasteiger partial charge on any atom is -0.496 e. The van der Waals surface area contributed by atoms with Crippen molar-refractivity contribution in [1.29, 1.82) is 0 Å². The molecule has 5 heterocycles. The summed E-state index contributed by atoms with van der Waals surface area (Å²) in [6.07, 6.45) is 4.48. The van der Waals surface area contributed by atoms with Gasteiger partial charge in [-0.05, 0) is 69.1 Å². The number of benzene rings is 2. The van der Waals surface area contributed by atoms with Gasteiger partial charge in [0, 0.05) is 68.1 Å². The van der Waals surface area contributed by atoms with E-state index in [4.69, 9.17) is 9.47 Å². The van der Waals surface area contributed by atoms with Crippen molar-refractivity contribution < 1.29 is 23.9 Å². The largest absolute Gasteiger partial charge is 0.496 e. The number of anilines is 1. The maximum atomic E-state index is 13.3. The number of piperidine rings is 2. The summed E-state index contributed by atoms with van der Waals surface area (Å²) in [5.41, 5.74) is 5.65. The topological polar surface area (TPSA) is 126 Å². The highest BCUT2D eigenvalue weighted by Crippen LogP contribution is 2.44. The fourth-order valence-electron chi connectivity index (χ4n) is 7.59. The molecule has 0 bridgehead atoms. The van der Waals surface area contributed by atoms with Crippen LogP contribution in [0.15, 0.2) is 41.3 Å². The molecular weight excluding hydrogens is 600 g/mol. The van der Waals surface area contributed by atoms with Gasteiger partial charge in [-0.1, -0.05) is 6.07 Å². The molecule has 0 radical (unpaired) electrons. The normalized spacial score (nSPS) is 20.7. The van der Waals surface area contributed by atoms with E-state index >= 15 is 0 Å². The van der Waals surface area contributed by atoms with Gasteiger partial charge in [0.1, 0.15) is 23.2 Å². The molecule has 47 heavy (non-hydrogen) atoms. The Morgan fingerprint density at radius 1 is 1.00 bits per heavy atom. The first kappa shape index (κ1) is 30.9. The first-order valence-electron chi connectivity index (χ1n) is 16.1. The Balaban J connectivity index is 0.986. The van der Waals surface area contributed by atoms with E-state index in [1.165, 1.54) is 4.57 Å². The van der Waals surface area contributed by atoms with Crippen molar-refractivity contribution in [3.63, 3.8) is 0 Å². The van der Waals surface area contributed by atoms with E-state index in [1.54, 1.807) is 39.3 Å². The predicted molar refractivity (Wildman–Crippen MR) is 174 cm³/mol. The minimum atomic E-state index is -0.604. The summed E-state index contributed by atoms with van der Waals surface area (Å²) in [4.78, 5) is 60.4. The monoisotopic (exact) mass is 640 g/mol. The number of ether oxygens (including phenoxy) is 2. The first-order valence-corrected chi connectivity index (χ1v) is 16.1. The molecular formula is C35H40N6O6. The van der Waals surface area contributed by atoms with Gasteiger partial charge in [0.05, 0.1) is 25.5 Å². The molecule has 1 spiro atoms. The number of amides is 3. The second-order valence-electron chi connectivity index (χ2n) is 13.4. The zero-order valence-corrected chi connectivity index (χ0v) is 27.3. The number of aromatic nitrogens is 2. The third kappa shape index (κ3) is 5.54. The zero-order chi connectivity index (χ0) is 33.0. The summed E-state index contributed by atoms with van der Waals surface area (Å²) in [5.74, 6) is 0.645. The lowest BCUT2D eigenvalue weighted by atomic mass is 9.71. The molecule has 1 aromatic heterocycles. The van der Waals surface area contributed by atoms with Gasteiger partial charge in [0.15, 0.2) is 0 Å². The van der Waals surface area contributed by atoms with E-state index in [0.717, 1.165) is 72.9 Å². The number of aryl methyl sites for hydroxylation is 2. The lowest BCUT2D eigenvalue weighted by Gasteiger charge is -2.55. The molecule has 12 nitrogen and oxygen atoms in total. The van der Waals surface area contributed by atoms with Crippen molar-refractivity contribution in [2.45, 2.75) is 51.7 Å². The zero-order valence-electron chi connectivity index (χ0n) is 27.3. The number of imide groups is 1. The SMILES string of the molecule is COc1cc(-c2cn(C)c(=O)c(C)n2)cc(OC)c1CN1CCC2(CC1)CN(c1ccc3c(c1)C(=O)N(C1CCC(=O)NC1=O)C3)C2. The molecule has 1 unspecified atom stereocenters. The standard InChI is InChI=1S/C35H40N6O6/c1-21-33(44)38(2)18-27(36-21)23-13-29(46-3)26(30(14-23)47-4)17-39-11-9-35(10-12-39)19-40(20-35)24-6-5-22-16-41(34(45)25(22)15-24)28-7-8-31(42)37-32(28)43/h5-6,13-15,18,28H,7-12,16-17,19-20H2,1-4H3,(H,37,42,43). The predicted octanol–water partition coefficient (Wildman–Crippen LogP) is 2.64. The number of fused-ring (bicyclic) bond motifs is 1. The van der Waals surface area contributed by atoms with Gasteiger partial charge >= 0.3 is 0 Å². The Kier molecular flexibility index (Phi) is 7.78. The highest BCUT2D eigenvalue weighted by atomic mass is 16.5. The molecule has 4 aliphatic rings. The first-order chi connectivity index (χ1) is 22.6. The molecule has 3 fully saturated rings. The summed E-state index contributed by atoms with van der Waals surface area (Å²) < 4.78 is 13.2. The number of carbonyl (C=O) groups is 3. The van der Waals surface area contributed by atoms with Crippen LogP contribution < -0.4 is 25.2 Å². The Hall–Kier alpha value is -4.71. The van der Waals surface area contributed by atoms with E-state index in [-0.39, 0.29) is 35.1 Å². The van der Waals surface area contributed by atoms with E-state index in [2.05, 4.69) is 26.2 Å². The fourth-order valence-corrected chi connectivity index (χ4v) is 7.59. The van der Waals surface area contributed by atoms with Crippen molar-refractivity contribution in [3.05, 3.63) is 69.3 Å². The van der Waals surface area contributed by atoms with Gasteiger partial charge in [0.25, 0.3) is 11.5 Å². The average Bonchev–Trinajstić information content (AvgIpc) is 3.37. The molecule has 1 atom stereocenters. The van der Waals surface area contributed by atoms with Crippen molar-refractivity contribution in [3.8, 4) is 22.8 Å². The molecule has 0 saturated carbocycles. The number of nitrogens with one attached hydrogen (secondary N) is 1. The number of rotatable bonds is 7. The smallest absolute Gasteiger partial charge is 0.271 e. The number of nitrogens with zero attached hydrogens (tertiary/aromatic N) is 5. The lowest BCUT2D eigenvalue weighted by Crippen LogP contribution is -2.60. The van der Waals surface area contributed by atoms with Crippen LogP contribution in [-0.2, 0) is 29.7 Å². The molecule has 1 N–H and O–H groups in total. The number of hydrogen-bond donors (Lipinski definition) is 1. The molecule has 0 aliphatic carbocycles. The molecule has 246 valence electrons. The second-order valence-corrected chi connectivity index (χ2v) is 13.4. The lowest BCUT2D eigenvalue weighted by molar-refractivity contribution is -0.136. The molecule has 12 heteroatoms. The Labute approximate surface area is 273 Å². The van der Waals surface area contributed by atoms with Gasteiger partial charge < -0.3 is 23.8 Å². The third-order valence-electron chi connectivity index (χ3n) is 10.4. The number of methoxy groups -OCH3 is 2. The van der Waals surface area contributed by atoms with Gasteiger partial charge in [-0.15, -0.1) is 0 Å². The summed E-state index contributed by atoms with van der Waals surface area (Å²) in [6.45, 7) is 6.59. The van der Waals surface area contributed by atoms with Gasteiger partial charge in [0.2, 0.25) is 11.8 Å². The quantitative estimate of drug-likeness (QED) is 0.388. The van der Waals surface area contributed by atoms with E-state index in [0.29, 0.717) is 36.5 Å². The second kappa shape index (κ2) is 11.8. The van der Waals surface area contributed by atoms with Crippen molar-refractivity contribution in [2.75, 3.05) is 45.3 Å². The van der Waals surface area contributed by atoms with Crippen LogP contribution in [0.2, 0.25) is 0 Å². The Morgan fingerprint density at radius 3 is 2.34 bits per heavy atom. The molecule has 3 amide bonds. The number of hydrogen-bond acceptors (Lipinski definition) is 9. The average molecular weight is 641 g/mol. The molecule has 3 aromatic rings. The van der Waals surface area contributed by atoms with Crippen LogP contribution in [0.5, 0.6) is 11.5 Å². The van der Waals surface area contributed by atoms with Crippen LogP contribution >= 0.6 is 0 Å². The Bertz CT molecular complexity index is 1790. The highest BCUT2D eigenvalue weighted by molar-refractivity contribution is 6.05. The summed E-state index contributed by atoms with van der Waals surface area (Å²) in [7, 11) is 5.04. The Morgan fingerprint density at radius 2 is 1.70 bits per heavy atom. The third-order valence-corrected chi connectivity index (χ3v) is 10.4. The van der Waals surface area contributed by atoms with Crippen molar-refractivity contribution >= 4 is 23.4 Å². The van der Waals surface area contributed by atoms with Crippen LogP contribution in [0.25, 0.3) is 11.3 Å². The van der Waals surface area contributed by atoms with Gasteiger partial charge in [-0.2, -0.15) is 0 Å². The molecule has 7 rings (SSSR count). The molecule has 3 saturated heterocycles. The van der Waals surface area contributed by atoms with Gasteiger partial charge in [-0.3, -0.25) is 29.4 Å². The summed E-state index contributed by atoms with van der Waals surface area (Å²) >= 11 is 0. The molecule has 4 aliphatic heterocycles. The van der Waals surface area contributed by atoms with Crippen molar-refractivity contribution in [2.24, 2.45) is 12.5 Å². The number of carbonyl (C=O) groups excluding carboxylic acids is 3. The number of likely N-dealkylation sites (tertiary alicyclic amines) is 1. The van der Waals surface area contributed by atoms with E-state index < -0.39 is 6.04 Å². The highest BCUT2D eigenvalue weighted by Gasteiger charge is 2.46. The molecule has 2 aromatic carbocycles. The maximum Gasteiger partial charge on any atom is 0.271 e. The van der Waals surface area contributed by atoms with Crippen LogP contribution in [0.3, 0.4) is 0 Å². The summed E-state index contributed by atoms with van der Waals surface area (Å²) in [5, 5.41) is 2.37. The van der Waals surface area contributed by atoms with Gasteiger partial charge in [-0.25, -0.2) is 4.98 Å². The van der Waals surface area contributed by atoms with E-state index in [1.807, 2.05) is 24.3 Å². The maximum absolute atomic E-state index is 13.3. The minimum absolute atomic E-state index is 0.123. The van der Waals surface area contributed by atoms with Crippen LogP contribution in [-0.4, -0.2) is 83.5 Å². The van der Waals surface area contributed by atoms with Crippen molar-refractivity contribution in [1.82, 2.24) is 24.7 Å².